The van der Waals surface area contributed by atoms with Gasteiger partial charge in [-0.05, 0) is 25.3 Å². The minimum atomic E-state index is -0.837. The molecule has 23 heavy (non-hydrogen) atoms. The Hall–Kier alpha value is -2.21. The molecule has 1 amide bonds. The van der Waals surface area contributed by atoms with Gasteiger partial charge in [-0.25, -0.2) is 4.98 Å². The maximum absolute atomic E-state index is 12.1. The lowest BCUT2D eigenvalue weighted by Gasteiger charge is -2.09. The molecule has 1 aliphatic carbocycles. The fraction of sp³-hybridized carbons (Fsp3) is 0.353. The van der Waals surface area contributed by atoms with Gasteiger partial charge in [0.05, 0.1) is 10.4 Å². The molecule has 0 unspecified atom stereocenters. The van der Waals surface area contributed by atoms with Crippen LogP contribution < -0.4 is 5.32 Å². The number of thiazole rings is 1. The molecule has 1 aliphatic rings. The fourth-order valence-electron chi connectivity index (χ4n) is 2.33. The van der Waals surface area contributed by atoms with Crippen molar-refractivity contribution in [3.05, 3.63) is 51.5 Å². The van der Waals surface area contributed by atoms with Gasteiger partial charge >= 0.3 is 5.97 Å². The quantitative estimate of drug-likeness (QED) is 0.853. The SMILES string of the molecule is Cc1ccc(Cc2nc(C(=O)NCC3(C(=O)O)CC3)cs2)cc1. The van der Waals surface area contributed by atoms with Crippen LogP contribution in [0.25, 0.3) is 0 Å². The zero-order valence-corrected chi connectivity index (χ0v) is 13.7. The van der Waals surface area contributed by atoms with E-state index in [0.717, 1.165) is 10.6 Å². The number of rotatable bonds is 6. The second-order valence-electron chi connectivity index (χ2n) is 6.06. The van der Waals surface area contributed by atoms with Crippen LogP contribution in [-0.4, -0.2) is 28.5 Å². The highest BCUT2D eigenvalue weighted by Crippen LogP contribution is 2.45. The van der Waals surface area contributed by atoms with Crippen LogP contribution in [0.3, 0.4) is 0 Å². The predicted octanol–water partition coefficient (Wildman–Crippen LogP) is 2.64. The van der Waals surface area contributed by atoms with E-state index >= 15 is 0 Å². The molecule has 2 N–H and O–H groups in total. The van der Waals surface area contributed by atoms with Crippen LogP contribution in [0.5, 0.6) is 0 Å². The Labute approximate surface area is 138 Å². The zero-order chi connectivity index (χ0) is 16.4. The van der Waals surface area contributed by atoms with Gasteiger partial charge < -0.3 is 10.4 Å². The van der Waals surface area contributed by atoms with Gasteiger partial charge in [-0.1, -0.05) is 29.8 Å². The van der Waals surface area contributed by atoms with E-state index in [4.69, 9.17) is 5.11 Å². The van der Waals surface area contributed by atoms with E-state index in [2.05, 4.69) is 34.6 Å². The number of carboxylic acids is 1. The molecule has 1 aromatic carbocycles. The van der Waals surface area contributed by atoms with E-state index in [0.29, 0.717) is 25.0 Å². The number of aryl methyl sites for hydroxylation is 1. The molecule has 0 radical (unpaired) electrons. The molecule has 1 aromatic heterocycles. The molecule has 6 heteroatoms. The third-order valence-corrected chi connectivity index (χ3v) is 5.00. The smallest absolute Gasteiger partial charge is 0.311 e. The Bertz CT molecular complexity index is 733. The van der Waals surface area contributed by atoms with Crippen molar-refractivity contribution in [1.82, 2.24) is 10.3 Å². The van der Waals surface area contributed by atoms with Crippen molar-refractivity contribution >= 4 is 23.2 Å². The molecule has 0 aliphatic heterocycles. The number of hydrogen-bond acceptors (Lipinski definition) is 4. The summed E-state index contributed by atoms with van der Waals surface area (Å²) < 4.78 is 0. The topological polar surface area (TPSA) is 79.3 Å². The normalized spacial score (nSPS) is 15.2. The first-order chi connectivity index (χ1) is 11.0. The van der Waals surface area contributed by atoms with E-state index in [1.54, 1.807) is 5.38 Å². The number of carboxylic acid groups (broad SMARTS) is 1. The van der Waals surface area contributed by atoms with Gasteiger partial charge in [-0.2, -0.15) is 0 Å². The summed E-state index contributed by atoms with van der Waals surface area (Å²) in [6.07, 6.45) is 1.94. The summed E-state index contributed by atoms with van der Waals surface area (Å²) in [5.74, 6) is -1.14. The maximum Gasteiger partial charge on any atom is 0.311 e. The van der Waals surface area contributed by atoms with Gasteiger partial charge in [-0.3, -0.25) is 9.59 Å². The van der Waals surface area contributed by atoms with E-state index in [1.807, 2.05) is 6.92 Å². The monoisotopic (exact) mass is 330 g/mol. The molecule has 1 fully saturated rings. The van der Waals surface area contributed by atoms with Crippen LogP contribution in [0, 0.1) is 12.3 Å². The van der Waals surface area contributed by atoms with Gasteiger partial charge in [0.15, 0.2) is 0 Å². The molecule has 3 rings (SSSR count). The molecule has 0 spiro atoms. The van der Waals surface area contributed by atoms with Gasteiger partial charge in [-0.15, -0.1) is 11.3 Å². The summed E-state index contributed by atoms with van der Waals surface area (Å²) in [4.78, 5) is 27.5. The average molecular weight is 330 g/mol. The van der Waals surface area contributed by atoms with Crippen molar-refractivity contribution < 1.29 is 14.7 Å². The summed E-state index contributed by atoms with van der Waals surface area (Å²) in [5.41, 5.74) is 1.97. The maximum atomic E-state index is 12.1. The standard InChI is InChI=1S/C17H18N2O3S/c1-11-2-4-12(5-3-11)8-14-19-13(9-23-14)15(20)18-10-17(6-7-17)16(21)22/h2-5,9H,6-8,10H2,1H3,(H,18,20)(H,21,22). The van der Waals surface area contributed by atoms with Crippen LogP contribution in [0.15, 0.2) is 29.6 Å². The Kier molecular flexibility index (Phi) is 4.17. The number of aliphatic carboxylic acids is 1. The Balaban J connectivity index is 1.59. The van der Waals surface area contributed by atoms with Crippen molar-refractivity contribution in [2.45, 2.75) is 26.2 Å². The Morgan fingerprint density at radius 3 is 2.61 bits per heavy atom. The molecular weight excluding hydrogens is 312 g/mol. The lowest BCUT2D eigenvalue weighted by atomic mass is 10.1. The first-order valence-electron chi connectivity index (χ1n) is 7.50. The lowest BCUT2D eigenvalue weighted by molar-refractivity contribution is -0.143. The number of nitrogens with one attached hydrogen (secondary N) is 1. The average Bonchev–Trinajstić information content (AvgIpc) is 3.19. The largest absolute Gasteiger partial charge is 0.481 e. The lowest BCUT2D eigenvalue weighted by Crippen LogP contribution is -2.34. The van der Waals surface area contributed by atoms with Crippen LogP contribution >= 0.6 is 11.3 Å². The summed E-state index contributed by atoms with van der Waals surface area (Å²) in [6, 6.07) is 8.22. The third-order valence-electron chi connectivity index (χ3n) is 4.15. The molecular formula is C17H18N2O3S. The molecule has 2 aromatic rings. The summed E-state index contributed by atoms with van der Waals surface area (Å²) >= 11 is 1.44. The minimum absolute atomic E-state index is 0.173. The number of nitrogens with zero attached hydrogens (tertiary/aromatic N) is 1. The van der Waals surface area contributed by atoms with Crippen molar-refractivity contribution in [3.63, 3.8) is 0 Å². The van der Waals surface area contributed by atoms with E-state index < -0.39 is 11.4 Å². The Morgan fingerprint density at radius 2 is 2.00 bits per heavy atom. The van der Waals surface area contributed by atoms with Crippen LogP contribution in [-0.2, 0) is 11.2 Å². The van der Waals surface area contributed by atoms with Crippen molar-refractivity contribution in [1.29, 1.82) is 0 Å². The van der Waals surface area contributed by atoms with Crippen LogP contribution in [0.1, 0.15) is 39.5 Å². The number of carbonyl (C=O) groups is 2. The minimum Gasteiger partial charge on any atom is -0.481 e. The van der Waals surface area contributed by atoms with Crippen LogP contribution in [0.4, 0.5) is 0 Å². The molecule has 0 atom stereocenters. The van der Waals surface area contributed by atoms with Crippen molar-refractivity contribution in [3.8, 4) is 0 Å². The highest BCUT2D eigenvalue weighted by molar-refractivity contribution is 7.09. The fourth-order valence-corrected chi connectivity index (χ4v) is 3.14. The number of carbonyl (C=O) groups excluding carboxylic acids is 1. The van der Waals surface area contributed by atoms with Crippen molar-refractivity contribution in [2.75, 3.05) is 6.54 Å². The number of aromatic nitrogens is 1. The van der Waals surface area contributed by atoms with Crippen LogP contribution in [0.2, 0.25) is 0 Å². The number of hydrogen-bond donors (Lipinski definition) is 2. The van der Waals surface area contributed by atoms with Gasteiger partial charge in [0, 0.05) is 18.3 Å². The molecule has 0 bridgehead atoms. The molecule has 1 saturated carbocycles. The van der Waals surface area contributed by atoms with Gasteiger partial charge in [0.1, 0.15) is 5.69 Å². The number of amides is 1. The summed E-state index contributed by atoms with van der Waals surface area (Å²) in [5, 5.41) is 14.4. The third kappa shape index (κ3) is 3.59. The number of benzene rings is 1. The Morgan fingerprint density at radius 1 is 1.30 bits per heavy atom. The van der Waals surface area contributed by atoms with Gasteiger partial charge in [0.2, 0.25) is 0 Å². The first-order valence-corrected chi connectivity index (χ1v) is 8.38. The van der Waals surface area contributed by atoms with E-state index in [9.17, 15) is 9.59 Å². The highest BCUT2D eigenvalue weighted by Gasteiger charge is 2.50. The molecule has 0 saturated heterocycles. The molecule has 5 nitrogen and oxygen atoms in total. The zero-order valence-electron chi connectivity index (χ0n) is 12.8. The summed E-state index contributed by atoms with van der Waals surface area (Å²) in [6.45, 7) is 2.21. The predicted molar refractivity (Wildman–Crippen MR) is 87.7 cm³/mol. The first kappa shape index (κ1) is 15.7. The summed E-state index contributed by atoms with van der Waals surface area (Å²) in [7, 11) is 0. The van der Waals surface area contributed by atoms with E-state index in [-0.39, 0.29) is 12.5 Å². The molecule has 120 valence electrons. The second kappa shape index (κ2) is 6.12. The molecule has 1 heterocycles. The second-order valence-corrected chi connectivity index (χ2v) is 7.00. The van der Waals surface area contributed by atoms with Gasteiger partial charge in [0.25, 0.3) is 5.91 Å². The van der Waals surface area contributed by atoms with Crippen molar-refractivity contribution in [2.24, 2.45) is 5.41 Å². The highest BCUT2D eigenvalue weighted by atomic mass is 32.1. The van der Waals surface area contributed by atoms with E-state index in [1.165, 1.54) is 16.9 Å².